The number of hydrogen-bond donors (Lipinski definition) is 1. The van der Waals surface area contributed by atoms with Crippen molar-refractivity contribution in [1.29, 1.82) is 0 Å². The van der Waals surface area contributed by atoms with Gasteiger partial charge in [0.15, 0.2) is 0 Å². The van der Waals surface area contributed by atoms with Crippen LogP contribution < -0.4 is 5.32 Å². The summed E-state index contributed by atoms with van der Waals surface area (Å²) in [5.41, 5.74) is 1.31. The highest BCUT2D eigenvalue weighted by molar-refractivity contribution is 9.11. The first-order valence-corrected chi connectivity index (χ1v) is 8.53. The van der Waals surface area contributed by atoms with Crippen molar-refractivity contribution in [3.63, 3.8) is 0 Å². The van der Waals surface area contributed by atoms with E-state index in [1.807, 2.05) is 29.7 Å². The largest absolute Gasteiger partial charge is 0.308 e. The van der Waals surface area contributed by atoms with Gasteiger partial charge >= 0.3 is 0 Å². The number of rotatable bonds is 3. The lowest BCUT2D eigenvalue weighted by atomic mass is 10.1. The van der Waals surface area contributed by atoms with E-state index in [9.17, 15) is 0 Å². The van der Waals surface area contributed by atoms with Crippen LogP contribution in [0.15, 0.2) is 40.2 Å². The first kappa shape index (κ1) is 13.3. The van der Waals surface area contributed by atoms with E-state index in [0.717, 1.165) is 0 Å². The molecule has 0 aliphatic carbocycles. The Morgan fingerprint density at radius 3 is 2.47 bits per heavy atom. The van der Waals surface area contributed by atoms with E-state index < -0.39 is 0 Å². The van der Waals surface area contributed by atoms with Crippen molar-refractivity contribution < 1.29 is 0 Å². The molecule has 2 heterocycles. The van der Waals surface area contributed by atoms with Crippen LogP contribution >= 0.6 is 38.6 Å². The van der Waals surface area contributed by atoms with E-state index in [2.05, 4.69) is 64.6 Å². The fourth-order valence-electron chi connectivity index (χ4n) is 2.20. The van der Waals surface area contributed by atoms with Gasteiger partial charge < -0.3 is 5.32 Å². The number of fused-ring (bicyclic) bond motifs is 1. The fourth-order valence-corrected chi connectivity index (χ4v) is 5.16. The van der Waals surface area contributed by atoms with Crippen molar-refractivity contribution in [3.8, 4) is 0 Å². The van der Waals surface area contributed by atoms with Gasteiger partial charge in [0, 0.05) is 14.5 Å². The van der Waals surface area contributed by atoms with Gasteiger partial charge in [-0.25, -0.2) is 0 Å². The lowest BCUT2D eigenvalue weighted by molar-refractivity contribution is 0.716. The molecular weight excluding hydrogens is 338 g/mol. The zero-order valence-electron chi connectivity index (χ0n) is 10.7. The number of halogens is 1. The molecule has 0 aliphatic rings. The predicted octanol–water partition coefficient (Wildman–Crippen LogP) is 5.34. The van der Waals surface area contributed by atoms with Gasteiger partial charge in [0.1, 0.15) is 0 Å². The third kappa shape index (κ3) is 2.50. The van der Waals surface area contributed by atoms with Crippen molar-refractivity contribution in [2.75, 3.05) is 7.05 Å². The van der Waals surface area contributed by atoms with Crippen LogP contribution in [0.2, 0.25) is 0 Å². The summed E-state index contributed by atoms with van der Waals surface area (Å²) >= 11 is 7.30. The molecule has 1 atom stereocenters. The summed E-state index contributed by atoms with van der Waals surface area (Å²) in [6.45, 7) is 2.14. The second-order valence-electron chi connectivity index (χ2n) is 4.51. The van der Waals surface area contributed by atoms with Gasteiger partial charge in [-0.1, -0.05) is 18.2 Å². The van der Waals surface area contributed by atoms with Crippen molar-refractivity contribution in [1.82, 2.24) is 5.32 Å². The summed E-state index contributed by atoms with van der Waals surface area (Å²) in [5.74, 6) is 0. The molecule has 3 rings (SSSR count). The van der Waals surface area contributed by atoms with Gasteiger partial charge in [0.05, 0.1) is 9.83 Å². The predicted molar refractivity (Wildman–Crippen MR) is 89.5 cm³/mol. The third-order valence-corrected chi connectivity index (χ3v) is 6.56. The Bertz CT molecular complexity index is 661. The number of nitrogens with one attached hydrogen (secondary N) is 1. The average Bonchev–Trinajstić information content (AvgIpc) is 2.95. The molecule has 4 heteroatoms. The first-order chi connectivity index (χ1) is 9.19. The van der Waals surface area contributed by atoms with Gasteiger partial charge in [0.2, 0.25) is 0 Å². The Kier molecular flexibility index (Phi) is 3.76. The molecule has 0 fully saturated rings. The second-order valence-corrected chi connectivity index (χ2v) is 8.03. The lowest BCUT2D eigenvalue weighted by Crippen LogP contribution is -2.14. The van der Waals surface area contributed by atoms with Crippen LogP contribution in [0.1, 0.15) is 21.4 Å². The van der Waals surface area contributed by atoms with E-state index in [1.54, 1.807) is 0 Å². The maximum atomic E-state index is 3.61. The van der Waals surface area contributed by atoms with Crippen LogP contribution in [0.4, 0.5) is 0 Å². The molecule has 0 radical (unpaired) electrons. The third-order valence-electron chi connectivity index (χ3n) is 3.18. The van der Waals surface area contributed by atoms with Crippen LogP contribution in [0.5, 0.6) is 0 Å². The molecule has 0 amide bonds. The zero-order chi connectivity index (χ0) is 13.4. The normalized spacial score (nSPS) is 13.0. The maximum absolute atomic E-state index is 3.61. The SMILES string of the molecule is CNC(c1cc(C)c(Br)s1)c1cc2ccccc2s1. The van der Waals surface area contributed by atoms with Crippen LogP contribution in [0, 0.1) is 6.92 Å². The summed E-state index contributed by atoms with van der Waals surface area (Å²) in [5, 5.41) is 4.76. The van der Waals surface area contributed by atoms with Crippen molar-refractivity contribution in [2.45, 2.75) is 13.0 Å². The summed E-state index contributed by atoms with van der Waals surface area (Å²) in [6.07, 6.45) is 0. The molecule has 0 saturated heterocycles. The summed E-state index contributed by atoms with van der Waals surface area (Å²) in [7, 11) is 2.03. The Morgan fingerprint density at radius 1 is 1.11 bits per heavy atom. The molecule has 3 aromatic rings. The topological polar surface area (TPSA) is 12.0 Å². The van der Waals surface area contributed by atoms with Crippen molar-refractivity contribution >= 4 is 48.7 Å². The Hall–Kier alpha value is -0.680. The van der Waals surface area contributed by atoms with Crippen LogP contribution in [-0.2, 0) is 0 Å². The fraction of sp³-hybridized carbons (Fsp3) is 0.200. The van der Waals surface area contributed by atoms with Crippen molar-refractivity contribution in [3.05, 3.63) is 55.5 Å². The van der Waals surface area contributed by atoms with E-state index in [1.165, 1.54) is 29.2 Å². The summed E-state index contributed by atoms with van der Waals surface area (Å²) in [4.78, 5) is 2.73. The van der Waals surface area contributed by atoms with E-state index in [4.69, 9.17) is 0 Å². The molecule has 1 aromatic carbocycles. The van der Waals surface area contributed by atoms with Gasteiger partial charge in [0.25, 0.3) is 0 Å². The first-order valence-electron chi connectivity index (χ1n) is 6.10. The molecule has 1 unspecified atom stereocenters. The summed E-state index contributed by atoms with van der Waals surface area (Å²) in [6, 6.07) is 13.4. The Balaban J connectivity index is 2.06. The number of aryl methyl sites for hydroxylation is 1. The molecule has 98 valence electrons. The Labute approximate surface area is 129 Å². The molecule has 2 aromatic heterocycles. The van der Waals surface area contributed by atoms with Gasteiger partial charge in [-0.05, 0) is 59.1 Å². The van der Waals surface area contributed by atoms with Gasteiger partial charge in [-0.2, -0.15) is 0 Å². The molecule has 0 bridgehead atoms. The Morgan fingerprint density at radius 2 is 1.84 bits per heavy atom. The minimum atomic E-state index is 0.285. The van der Waals surface area contributed by atoms with Crippen LogP contribution in [-0.4, -0.2) is 7.05 Å². The highest BCUT2D eigenvalue weighted by Gasteiger charge is 2.17. The van der Waals surface area contributed by atoms with Crippen LogP contribution in [0.25, 0.3) is 10.1 Å². The van der Waals surface area contributed by atoms with E-state index >= 15 is 0 Å². The minimum absolute atomic E-state index is 0.285. The lowest BCUT2D eigenvalue weighted by Gasteiger charge is -2.11. The standard InChI is InChI=1S/C15H14BrNS2/c1-9-7-12(19-15(9)16)14(17-2)13-8-10-5-3-4-6-11(10)18-13/h3-8,14,17H,1-2H3. The second kappa shape index (κ2) is 5.37. The van der Waals surface area contributed by atoms with Gasteiger partial charge in [-0.3, -0.25) is 0 Å². The number of hydrogen-bond acceptors (Lipinski definition) is 3. The molecule has 0 spiro atoms. The highest BCUT2D eigenvalue weighted by Crippen LogP contribution is 2.38. The van der Waals surface area contributed by atoms with Crippen LogP contribution in [0.3, 0.4) is 0 Å². The molecular formula is C15H14BrNS2. The number of benzene rings is 1. The maximum Gasteiger partial charge on any atom is 0.0763 e. The quantitative estimate of drug-likeness (QED) is 0.671. The molecule has 1 nitrogen and oxygen atoms in total. The summed E-state index contributed by atoms with van der Waals surface area (Å²) < 4.78 is 2.58. The molecule has 0 saturated carbocycles. The zero-order valence-corrected chi connectivity index (χ0v) is 14.0. The molecule has 19 heavy (non-hydrogen) atoms. The molecule has 1 N–H and O–H groups in total. The number of thiophene rings is 2. The minimum Gasteiger partial charge on any atom is -0.308 e. The van der Waals surface area contributed by atoms with Crippen molar-refractivity contribution in [2.24, 2.45) is 0 Å². The average molecular weight is 352 g/mol. The van der Waals surface area contributed by atoms with E-state index in [0.29, 0.717) is 0 Å². The highest BCUT2D eigenvalue weighted by atomic mass is 79.9. The van der Waals surface area contributed by atoms with E-state index in [-0.39, 0.29) is 6.04 Å². The van der Waals surface area contributed by atoms with Gasteiger partial charge in [-0.15, -0.1) is 22.7 Å². The molecule has 0 aliphatic heterocycles. The monoisotopic (exact) mass is 351 g/mol. The smallest absolute Gasteiger partial charge is 0.0763 e.